The predicted molar refractivity (Wildman–Crippen MR) is 144 cm³/mol. The fraction of sp³-hybridized carbons (Fsp3) is 0.357. The summed E-state index contributed by atoms with van der Waals surface area (Å²) in [6.45, 7) is 2.16. The van der Waals surface area contributed by atoms with Gasteiger partial charge < -0.3 is 19.5 Å². The average Bonchev–Trinajstić information content (AvgIpc) is 3.69. The molecule has 190 valence electrons. The molecule has 3 heterocycles. The zero-order valence-corrected chi connectivity index (χ0v) is 21.9. The maximum Gasteiger partial charge on any atom is 0.274 e. The molecule has 2 aromatic heterocycles. The second-order valence-electron chi connectivity index (χ2n) is 10.0. The van der Waals surface area contributed by atoms with Gasteiger partial charge in [-0.05, 0) is 42.9 Å². The molecule has 2 amide bonds. The maximum atomic E-state index is 14.1. The van der Waals surface area contributed by atoms with Crippen LogP contribution < -0.4 is 10.2 Å². The Bertz CT molecular complexity index is 1480. The van der Waals surface area contributed by atoms with E-state index in [2.05, 4.69) is 10.3 Å². The summed E-state index contributed by atoms with van der Waals surface area (Å²) in [5, 5.41) is 3.89. The van der Waals surface area contributed by atoms with Gasteiger partial charge in [0.2, 0.25) is 0 Å². The lowest BCUT2D eigenvalue weighted by Gasteiger charge is -2.35. The number of hydrogen-bond acceptors (Lipinski definition) is 7. The molecule has 1 aliphatic heterocycles. The second-order valence-corrected chi connectivity index (χ2v) is 11.0. The van der Waals surface area contributed by atoms with E-state index in [4.69, 9.17) is 9.40 Å². The summed E-state index contributed by atoms with van der Waals surface area (Å²) in [6, 6.07) is 15.4. The SMILES string of the molecule is Cc1nc2c(C(=O)NC[C@@H]3[C@H]4CC[C@H](C4)N3C(=O)c3nc(N(C)C)sc3-c3ccccc3)cccc2o1. The number of likely N-dealkylation sites (tertiary alicyclic amines) is 1. The molecular weight excluding hydrogens is 486 g/mol. The molecule has 1 saturated carbocycles. The second kappa shape index (κ2) is 9.30. The number of fused-ring (bicyclic) bond motifs is 3. The number of nitrogens with zero attached hydrogens (tertiary/aromatic N) is 4. The van der Waals surface area contributed by atoms with Crippen molar-refractivity contribution < 1.29 is 14.0 Å². The largest absolute Gasteiger partial charge is 0.441 e. The van der Waals surface area contributed by atoms with E-state index < -0.39 is 0 Å². The van der Waals surface area contributed by atoms with E-state index in [1.165, 1.54) is 11.3 Å². The topological polar surface area (TPSA) is 91.6 Å². The highest BCUT2D eigenvalue weighted by Crippen LogP contribution is 2.44. The summed E-state index contributed by atoms with van der Waals surface area (Å²) in [5.74, 6) is 0.632. The highest BCUT2D eigenvalue weighted by molar-refractivity contribution is 7.19. The maximum absolute atomic E-state index is 14.1. The minimum Gasteiger partial charge on any atom is -0.441 e. The standard InChI is InChI=1S/C28H29N5O3S/c1-16-30-23-20(10-7-11-22(23)36-16)26(34)29-15-21-18-12-13-19(14-18)33(21)27(35)24-25(17-8-5-4-6-9-17)37-28(31-24)32(2)3/h4-11,18-19,21H,12-15H2,1-3H3,(H,29,34)/t18-,19+,21+/m0/s1. The third kappa shape index (κ3) is 4.17. The molecule has 2 aliphatic rings. The first-order valence-electron chi connectivity index (χ1n) is 12.6. The third-order valence-electron chi connectivity index (χ3n) is 7.45. The fourth-order valence-corrected chi connectivity index (χ4v) is 6.75. The van der Waals surface area contributed by atoms with Crippen LogP contribution in [0.4, 0.5) is 5.13 Å². The van der Waals surface area contributed by atoms with Crippen LogP contribution in [0.5, 0.6) is 0 Å². The Hall–Kier alpha value is -3.72. The summed E-state index contributed by atoms with van der Waals surface area (Å²) in [7, 11) is 3.88. The monoisotopic (exact) mass is 515 g/mol. The minimum atomic E-state index is -0.206. The van der Waals surface area contributed by atoms with Crippen LogP contribution in [-0.4, -0.2) is 59.4 Å². The average molecular weight is 516 g/mol. The zero-order valence-electron chi connectivity index (χ0n) is 21.1. The van der Waals surface area contributed by atoms with Crippen LogP contribution in [-0.2, 0) is 0 Å². The summed E-state index contributed by atoms with van der Waals surface area (Å²) in [5.41, 5.74) is 3.12. The molecule has 0 radical (unpaired) electrons. The van der Waals surface area contributed by atoms with E-state index >= 15 is 0 Å². The molecule has 8 nitrogen and oxygen atoms in total. The first-order chi connectivity index (χ1) is 17.9. The number of aromatic nitrogens is 2. The summed E-state index contributed by atoms with van der Waals surface area (Å²) in [4.78, 5) is 41.2. The van der Waals surface area contributed by atoms with E-state index in [1.807, 2.05) is 60.3 Å². The van der Waals surface area contributed by atoms with Crippen molar-refractivity contribution in [2.75, 3.05) is 25.5 Å². The van der Waals surface area contributed by atoms with Crippen molar-refractivity contribution in [1.82, 2.24) is 20.2 Å². The molecule has 0 spiro atoms. The van der Waals surface area contributed by atoms with Crippen LogP contribution in [0.2, 0.25) is 0 Å². The molecule has 3 atom stereocenters. The number of rotatable bonds is 6. The van der Waals surface area contributed by atoms with E-state index in [-0.39, 0.29) is 23.9 Å². The van der Waals surface area contributed by atoms with E-state index in [0.29, 0.717) is 40.7 Å². The summed E-state index contributed by atoms with van der Waals surface area (Å²) in [6.07, 6.45) is 3.03. The normalized spacial score (nSPS) is 20.5. The molecule has 1 saturated heterocycles. The van der Waals surface area contributed by atoms with Gasteiger partial charge in [-0.15, -0.1) is 0 Å². The molecule has 2 bridgehead atoms. The minimum absolute atomic E-state index is 0.0520. The Balaban J connectivity index is 1.27. The number of carbonyl (C=O) groups excluding carboxylic acids is 2. The van der Waals surface area contributed by atoms with Gasteiger partial charge in [0.1, 0.15) is 11.2 Å². The number of piperidine rings is 1. The summed E-state index contributed by atoms with van der Waals surface area (Å²) < 4.78 is 5.59. The van der Waals surface area contributed by atoms with Gasteiger partial charge >= 0.3 is 0 Å². The van der Waals surface area contributed by atoms with Gasteiger partial charge in [0.05, 0.1) is 16.5 Å². The predicted octanol–water partition coefficient (Wildman–Crippen LogP) is 4.75. The molecule has 1 N–H and O–H groups in total. The number of carbonyl (C=O) groups is 2. The fourth-order valence-electron chi connectivity index (χ4n) is 5.76. The lowest BCUT2D eigenvalue weighted by molar-refractivity contribution is 0.0578. The van der Waals surface area contributed by atoms with Crippen molar-refractivity contribution in [3.8, 4) is 10.4 Å². The smallest absolute Gasteiger partial charge is 0.274 e. The van der Waals surface area contributed by atoms with Crippen LogP contribution in [0.3, 0.4) is 0 Å². The first-order valence-corrected chi connectivity index (χ1v) is 13.4. The van der Waals surface area contributed by atoms with Gasteiger partial charge in [-0.1, -0.05) is 47.7 Å². The molecular formula is C28H29N5O3S. The van der Waals surface area contributed by atoms with Crippen LogP contribution in [0.1, 0.15) is 46.0 Å². The van der Waals surface area contributed by atoms with Crippen LogP contribution >= 0.6 is 11.3 Å². The van der Waals surface area contributed by atoms with Crippen LogP contribution in [0.25, 0.3) is 21.5 Å². The number of oxazole rings is 1. The van der Waals surface area contributed by atoms with E-state index in [1.54, 1.807) is 19.1 Å². The van der Waals surface area contributed by atoms with Crippen LogP contribution in [0.15, 0.2) is 52.9 Å². The highest BCUT2D eigenvalue weighted by atomic mass is 32.1. The van der Waals surface area contributed by atoms with Crippen molar-refractivity contribution in [1.29, 1.82) is 0 Å². The molecule has 1 aliphatic carbocycles. The van der Waals surface area contributed by atoms with Gasteiger partial charge in [-0.3, -0.25) is 9.59 Å². The van der Waals surface area contributed by atoms with E-state index in [9.17, 15) is 9.59 Å². The number of anilines is 1. The number of thiazole rings is 1. The highest BCUT2D eigenvalue weighted by Gasteiger charge is 2.49. The van der Waals surface area contributed by atoms with Gasteiger partial charge in [-0.25, -0.2) is 9.97 Å². The lowest BCUT2D eigenvalue weighted by atomic mass is 9.98. The molecule has 9 heteroatoms. The number of benzene rings is 2. The third-order valence-corrected chi connectivity index (χ3v) is 8.73. The van der Waals surface area contributed by atoms with Crippen molar-refractivity contribution >= 4 is 39.4 Å². The quantitative estimate of drug-likeness (QED) is 0.399. The number of nitrogens with one attached hydrogen (secondary N) is 1. The number of amides is 2. The van der Waals surface area contributed by atoms with Gasteiger partial charge in [0.15, 0.2) is 16.6 Å². The molecule has 37 heavy (non-hydrogen) atoms. The van der Waals surface area contributed by atoms with Gasteiger partial charge in [-0.2, -0.15) is 0 Å². The number of para-hydroxylation sites is 1. The lowest BCUT2D eigenvalue weighted by Crippen LogP contribution is -2.50. The summed E-state index contributed by atoms with van der Waals surface area (Å²) >= 11 is 1.53. The zero-order chi connectivity index (χ0) is 25.7. The molecule has 0 unspecified atom stereocenters. The molecule has 4 aromatic rings. The van der Waals surface area contributed by atoms with E-state index in [0.717, 1.165) is 34.8 Å². The van der Waals surface area contributed by atoms with Gasteiger partial charge in [0, 0.05) is 33.6 Å². The molecule has 2 aromatic carbocycles. The van der Waals surface area contributed by atoms with Crippen molar-refractivity contribution in [2.45, 2.75) is 38.3 Å². The molecule has 2 fully saturated rings. The Kier molecular flexibility index (Phi) is 5.95. The Labute approximate surface area is 219 Å². The number of aryl methyl sites for hydroxylation is 1. The number of hydrogen-bond donors (Lipinski definition) is 1. The van der Waals surface area contributed by atoms with Gasteiger partial charge in [0.25, 0.3) is 11.8 Å². The van der Waals surface area contributed by atoms with Crippen molar-refractivity contribution in [3.05, 3.63) is 65.7 Å². The van der Waals surface area contributed by atoms with Crippen molar-refractivity contribution in [3.63, 3.8) is 0 Å². The van der Waals surface area contributed by atoms with Crippen molar-refractivity contribution in [2.24, 2.45) is 5.92 Å². The Morgan fingerprint density at radius 1 is 1.11 bits per heavy atom. The Morgan fingerprint density at radius 3 is 2.70 bits per heavy atom. The first kappa shape index (κ1) is 23.7. The Morgan fingerprint density at radius 2 is 1.92 bits per heavy atom. The van der Waals surface area contributed by atoms with Crippen LogP contribution in [0, 0.1) is 12.8 Å². The molecule has 6 rings (SSSR count).